The fourth-order valence-corrected chi connectivity index (χ4v) is 2.19. The monoisotopic (exact) mass is 220 g/mol. The molecule has 2 rings (SSSR count). The number of hydrogen-bond acceptors (Lipinski definition) is 3. The van der Waals surface area contributed by atoms with Gasteiger partial charge in [0.05, 0.1) is 0 Å². The van der Waals surface area contributed by atoms with Crippen LogP contribution in [-0.4, -0.2) is 36.6 Å². The molecule has 0 bridgehead atoms. The van der Waals surface area contributed by atoms with Gasteiger partial charge in [0.1, 0.15) is 0 Å². The summed E-state index contributed by atoms with van der Waals surface area (Å²) in [5.41, 5.74) is 1.21. The largest absolute Gasteiger partial charge is 0.275 e. The molecule has 1 saturated heterocycles. The molecule has 1 aromatic rings. The van der Waals surface area contributed by atoms with Gasteiger partial charge in [0, 0.05) is 19.6 Å². The zero-order valence-electron chi connectivity index (χ0n) is 10.3. The molecule has 0 spiro atoms. The van der Waals surface area contributed by atoms with E-state index in [0.29, 0.717) is 6.04 Å². The first-order valence-electron chi connectivity index (χ1n) is 5.87. The molecule has 1 aromatic carbocycles. The summed E-state index contributed by atoms with van der Waals surface area (Å²) < 4.78 is 0. The van der Waals surface area contributed by atoms with E-state index in [0.717, 1.165) is 13.0 Å². The van der Waals surface area contributed by atoms with Crippen LogP contribution in [0, 0.1) is 0 Å². The van der Waals surface area contributed by atoms with Crippen molar-refractivity contribution in [2.45, 2.75) is 25.6 Å². The molecule has 0 aromatic heterocycles. The normalized spacial score (nSPS) is 28.2. The summed E-state index contributed by atoms with van der Waals surface area (Å²) in [6, 6.07) is 10.9. The van der Waals surface area contributed by atoms with Crippen LogP contribution in [-0.2, 0) is 4.84 Å². The van der Waals surface area contributed by atoms with E-state index in [2.05, 4.69) is 43.1 Å². The first-order chi connectivity index (χ1) is 7.72. The third-order valence-corrected chi connectivity index (χ3v) is 3.24. The molecule has 2 atom stereocenters. The maximum atomic E-state index is 5.95. The summed E-state index contributed by atoms with van der Waals surface area (Å²) in [5, 5.41) is 2.00. The Morgan fingerprint density at radius 1 is 1.25 bits per heavy atom. The Labute approximate surface area is 97.6 Å². The third kappa shape index (κ3) is 2.26. The van der Waals surface area contributed by atoms with Crippen molar-refractivity contribution in [2.24, 2.45) is 0 Å². The van der Waals surface area contributed by atoms with Crippen LogP contribution in [0.15, 0.2) is 30.3 Å². The minimum Gasteiger partial charge on any atom is -0.275 e. The van der Waals surface area contributed by atoms with Gasteiger partial charge in [-0.05, 0) is 19.0 Å². The topological polar surface area (TPSA) is 15.7 Å². The van der Waals surface area contributed by atoms with Crippen LogP contribution in [0.4, 0.5) is 0 Å². The quantitative estimate of drug-likeness (QED) is 0.760. The molecule has 3 nitrogen and oxygen atoms in total. The van der Waals surface area contributed by atoms with Crippen molar-refractivity contribution in [1.82, 2.24) is 9.96 Å². The molecule has 0 amide bonds. The highest BCUT2D eigenvalue weighted by Crippen LogP contribution is 2.27. The molecular weight excluding hydrogens is 200 g/mol. The Hall–Kier alpha value is -0.900. The molecule has 0 aliphatic carbocycles. The maximum Gasteiger partial charge on any atom is 0.157 e. The minimum atomic E-state index is 0.0500. The average molecular weight is 220 g/mol. The van der Waals surface area contributed by atoms with E-state index < -0.39 is 0 Å². The highest BCUT2D eigenvalue weighted by atomic mass is 16.7. The molecule has 0 radical (unpaired) electrons. The van der Waals surface area contributed by atoms with Crippen LogP contribution in [0.25, 0.3) is 0 Å². The summed E-state index contributed by atoms with van der Waals surface area (Å²) >= 11 is 0. The second-order valence-electron chi connectivity index (χ2n) is 4.42. The van der Waals surface area contributed by atoms with Gasteiger partial charge in [-0.1, -0.05) is 37.3 Å². The van der Waals surface area contributed by atoms with E-state index in [1.54, 1.807) is 0 Å². The molecular formula is C13H20N2O. The van der Waals surface area contributed by atoms with Gasteiger partial charge in [0.15, 0.2) is 6.23 Å². The van der Waals surface area contributed by atoms with Gasteiger partial charge in [0.25, 0.3) is 0 Å². The Balaban J connectivity index is 2.13. The van der Waals surface area contributed by atoms with Crippen molar-refractivity contribution in [3.8, 4) is 0 Å². The summed E-state index contributed by atoms with van der Waals surface area (Å²) in [7, 11) is 4.14. The number of hydrogen-bond donors (Lipinski definition) is 0. The molecule has 16 heavy (non-hydrogen) atoms. The van der Waals surface area contributed by atoms with Gasteiger partial charge in [-0.15, -0.1) is 0 Å². The average Bonchev–Trinajstić information content (AvgIpc) is 2.32. The molecule has 88 valence electrons. The number of benzene rings is 1. The zero-order valence-corrected chi connectivity index (χ0v) is 10.3. The van der Waals surface area contributed by atoms with Gasteiger partial charge in [0.2, 0.25) is 0 Å². The number of nitrogens with zero attached hydrogens (tertiary/aromatic N) is 2. The van der Waals surface area contributed by atoms with Gasteiger partial charge < -0.3 is 0 Å². The van der Waals surface area contributed by atoms with E-state index in [9.17, 15) is 0 Å². The molecule has 0 unspecified atom stereocenters. The smallest absolute Gasteiger partial charge is 0.157 e. The molecule has 0 N–H and O–H groups in total. The summed E-state index contributed by atoms with van der Waals surface area (Å²) in [5.74, 6) is 0. The van der Waals surface area contributed by atoms with E-state index in [1.807, 2.05) is 18.2 Å². The van der Waals surface area contributed by atoms with Crippen LogP contribution in [0.5, 0.6) is 0 Å². The first-order valence-corrected chi connectivity index (χ1v) is 5.87. The lowest BCUT2D eigenvalue weighted by molar-refractivity contribution is -0.283. The minimum absolute atomic E-state index is 0.0500. The van der Waals surface area contributed by atoms with Crippen molar-refractivity contribution in [1.29, 1.82) is 0 Å². The van der Waals surface area contributed by atoms with Crippen molar-refractivity contribution in [2.75, 3.05) is 20.6 Å². The predicted molar refractivity (Wildman–Crippen MR) is 64.7 cm³/mol. The predicted octanol–water partition coefficient (Wildman–Crippen LogP) is 2.27. The van der Waals surface area contributed by atoms with Gasteiger partial charge >= 0.3 is 0 Å². The van der Waals surface area contributed by atoms with Crippen molar-refractivity contribution in [3.05, 3.63) is 35.9 Å². The lowest BCUT2D eigenvalue weighted by Gasteiger charge is -2.42. The molecule has 0 saturated carbocycles. The van der Waals surface area contributed by atoms with Gasteiger partial charge in [-0.25, -0.2) is 0 Å². The van der Waals surface area contributed by atoms with Crippen LogP contribution in [0.3, 0.4) is 0 Å². The Bertz CT molecular complexity index is 328. The van der Waals surface area contributed by atoms with Crippen molar-refractivity contribution >= 4 is 0 Å². The van der Waals surface area contributed by atoms with Crippen LogP contribution in [0.1, 0.15) is 25.1 Å². The molecule has 1 heterocycles. The molecule has 1 aliphatic heterocycles. The van der Waals surface area contributed by atoms with Crippen LogP contribution >= 0.6 is 0 Å². The lowest BCUT2D eigenvalue weighted by Crippen LogP contribution is -2.49. The van der Waals surface area contributed by atoms with Gasteiger partial charge in [-0.2, -0.15) is 5.06 Å². The Kier molecular flexibility index (Phi) is 3.59. The Morgan fingerprint density at radius 2 is 1.94 bits per heavy atom. The zero-order chi connectivity index (χ0) is 11.5. The highest BCUT2D eigenvalue weighted by molar-refractivity contribution is 5.17. The van der Waals surface area contributed by atoms with Crippen LogP contribution < -0.4 is 0 Å². The van der Waals surface area contributed by atoms with E-state index in [4.69, 9.17) is 4.84 Å². The standard InChI is InChI=1S/C13H20N2O/c1-4-12-10-14(2)13(16-15(12)3)11-8-6-5-7-9-11/h5-9,12-13H,4,10H2,1-3H3/t12-,13-/m0/s1. The second-order valence-corrected chi connectivity index (χ2v) is 4.42. The maximum absolute atomic E-state index is 5.95. The summed E-state index contributed by atoms with van der Waals surface area (Å²) in [4.78, 5) is 8.21. The highest BCUT2D eigenvalue weighted by Gasteiger charge is 2.30. The number of hydroxylamine groups is 2. The molecule has 3 heteroatoms. The number of likely N-dealkylation sites (N-methyl/N-ethyl adjacent to an activating group) is 2. The Morgan fingerprint density at radius 3 is 2.56 bits per heavy atom. The SMILES string of the molecule is CC[C@H]1CN(C)[C@H](c2ccccc2)ON1C. The van der Waals surface area contributed by atoms with Crippen LogP contribution in [0.2, 0.25) is 0 Å². The van der Waals surface area contributed by atoms with E-state index in [-0.39, 0.29) is 6.23 Å². The summed E-state index contributed by atoms with van der Waals surface area (Å²) in [6.45, 7) is 3.24. The second kappa shape index (κ2) is 4.95. The molecule has 1 fully saturated rings. The molecule has 1 aliphatic rings. The fraction of sp³-hybridized carbons (Fsp3) is 0.538. The van der Waals surface area contributed by atoms with E-state index in [1.165, 1.54) is 5.56 Å². The first kappa shape index (κ1) is 11.6. The summed E-state index contributed by atoms with van der Waals surface area (Å²) in [6.07, 6.45) is 1.16. The third-order valence-electron chi connectivity index (χ3n) is 3.24. The van der Waals surface area contributed by atoms with Crippen molar-refractivity contribution < 1.29 is 4.84 Å². The van der Waals surface area contributed by atoms with E-state index >= 15 is 0 Å². The number of rotatable bonds is 2. The van der Waals surface area contributed by atoms with Gasteiger partial charge in [-0.3, -0.25) is 9.74 Å². The fourth-order valence-electron chi connectivity index (χ4n) is 2.19. The van der Waals surface area contributed by atoms with Crippen molar-refractivity contribution in [3.63, 3.8) is 0 Å². The lowest BCUT2D eigenvalue weighted by atomic mass is 10.1.